The lowest BCUT2D eigenvalue weighted by atomic mass is 9.98. The van der Waals surface area contributed by atoms with Crippen LogP contribution in [0.15, 0.2) is 140 Å². The molecule has 5 aromatic rings. The zero-order chi connectivity index (χ0) is 35.5. The van der Waals surface area contributed by atoms with Crippen molar-refractivity contribution in [2.45, 2.75) is 62.5 Å². The second-order valence-electron chi connectivity index (χ2n) is 12.9. The summed E-state index contributed by atoms with van der Waals surface area (Å²) in [6.07, 6.45) is -3.58. The summed E-state index contributed by atoms with van der Waals surface area (Å²) in [5.74, 6) is 0.682. The van der Waals surface area contributed by atoms with E-state index in [9.17, 15) is 4.79 Å². The van der Waals surface area contributed by atoms with Crippen molar-refractivity contribution in [1.82, 2.24) is 0 Å². The van der Waals surface area contributed by atoms with Crippen molar-refractivity contribution in [3.05, 3.63) is 167 Å². The average Bonchev–Trinajstić information content (AvgIpc) is 3.51. The fourth-order valence-corrected chi connectivity index (χ4v) is 7.93. The van der Waals surface area contributed by atoms with E-state index in [1.807, 2.05) is 115 Å². The molecule has 0 radical (unpaired) electrons. The number of benzene rings is 5. The monoisotopic (exact) mass is 716 g/mol. The summed E-state index contributed by atoms with van der Waals surface area (Å²) in [5, 5.41) is 0. The minimum Gasteiger partial charge on any atom is -0.433 e. The molecule has 1 aliphatic carbocycles. The normalized spacial score (nSPS) is 20.9. The zero-order valence-electron chi connectivity index (χ0n) is 29.3. The predicted molar refractivity (Wildman–Crippen MR) is 203 cm³/mol. The Labute approximate surface area is 310 Å². The van der Waals surface area contributed by atoms with E-state index in [-0.39, 0.29) is 19.1 Å². The molecule has 1 saturated heterocycles. The van der Waals surface area contributed by atoms with Crippen LogP contribution < -0.4 is 0 Å². The standard InChI is InChI=1S/C44H44O7S/c1-2-52-43-42(48-28-33-20-10-5-11-21-33)41(47-27-32-18-8-4-9-19-32)40(39(50-43)30-46-26-31-16-6-3-7-17-31)51-44(45)49-29-38-36-24-14-12-22-34(36)35-23-13-15-25-37(35)38/h3-25,38-43H,2,26-30H2,1H3/t39-,40+,41+,42-,43+/m1/s1. The van der Waals surface area contributed by atoms with Crippen LogP contribution in [-0.2, 0) is 48.2 Å². The Morgan fingerprint density at radius 2 is 1.10 bits per heavy atom. The summed E-state index contributed by atoms with van der Waals surface area (Å²) in [6, 6.07) is 46.4. The number of ether oxygens (including phenoxy) is 6. The zero-order valence-corrected chi connectivity index (χ0v) is 30.1. The average molecular weight is 717 g/mol. The van der Waals surface area contributed by atoms with Crippen LogP contribution in [-0.4, -0.2) is 55.0 Å². The van der Waals surface area contributed by atoms with E-state index in [0.717, 1.165) is 44.7 Å². The summed E-state index contributed by atoms with van der Waals surface area (Å²) >= 11 is 1.63. The van der Waals surface area contributed by atoms with Gasteiger partial charge in [-0.1, -0.05) is 146 Å². The Bertz CT molecular complexity index is 1810. The highest BCUT2D eigenvalue weighted by Gasteiger charge is 2.50. The molecule has 1 aliphatic heterocycles. The smallest absolute Gasteiger partial charge is 0.433 e. The Hall–Kier alpha value is -4.44. The van der Waals surface area contributed by atoms with Crippen LogP contribution in [0.4, 0.5) is 4.79 Å². The fourth-order valence-electron chi connectivity index (χ4n) is 6.96. The maximum atomic E-state index is 13.8. The molecule has 0 unspecified atom stereocenters. The van der Waals surface area contributed by atoms with Gasteiger partial charge in [-0.25, -0.2) is 4.79 Å². The van der Waals surface area contributed by atoms with Crippen molar-refractivity contribution in [1.29, 1.82) is 0 Å². The largest absolute Gasteiger partial charge is 0.508 e. The summed E-state index contributed by atoms with van der Waals surface area (Å²) < 4.78 is 38.6. The van der Waals surface area contributed by atoms with Gasteiger partial charge in [-0.05, 0) is 44.7 Å². The summed E-state index contributed by atoms with van der Waals surface area (Å²) in [4.78, 5) is 13.8. The van der Waals surface area contributed by atoms with Gasteiger partial charge in [0.15, 0.2) is 6.10 Å². The number of thioether (sulfide) groups is 1. The van der Waals surface area contributed by atoms with Crippen LogP contribution in [0.5, 0.6) is 0 Å². The minimum absolute atomic E-state index is 0.107. The Morgan fingerprint density at radius 3 is 1.65 bits per heavy atom. The first kappa shape index (κ1) is 35.9. The topological polar surface area (TPSA) is 72.5 Å². The van der Waals surface area contributed by atoms with Crippen molar-refractivity contribution in [2.24, 2.45) is 0 Å². The van der Waals surface area contributed by atoms with Gasteiger partial charge in [0.05, 0.1) is 26.4 Å². The molecule has 7 rings (SSSR count). The second kappa shape index (κ2) is 17.9. The lowest BCUT2D eigenvalue weighted by molar-refractivity contribution is -0.243. The number of hydrogen-bond donors (Lipinski definition) is 0. The van der Waals surface area contributed by atoms with E-state index in [2.05, 4.69) is 31.2 Å². The molecule has 7 nitrogen and oxygen atoms in total. The summed E-state index contributed by atoms with van der Waals surface area (Å²) in [6.45, 7) is 3.41. The van der Waals surface area contributed by atoms with E-state index in [1.165, 1.54) is 0 Å². The van der Waals surface area contributed by atoms with Crippen LogP contribution in [0, 0.1) is 0 Å². The van der Waals surface area contributed by atoms with E-state index in [1.54, 1.807) is 11.8 Å². The van der Waals surface area contributed by atoms with Gasteiger partial charge in [0.2, 0.25) is 0 Å². The molecule has 0 N–H and O–H groups in total. The number of rotatable bonds is 15. The van der Waals surface area contributed by atoms with Gasteiger partial charge < -0.3 is 28.4 Å². The van der Waals surface area contributed by atoms with E-state index < -0.39 is 36.0 Å². The minimum atomic E-state index is -0.885. The van der Waals surface area contributed by atoms with E-state index in [4.69, 9.17) is 28.4 Å². The van der Waals surface area contributed by atoms with Crippen LogP contribution in [0.3, 0.4) is 0 Å². The summed E-state index contributed by atoms with van der Waals surface area (Å²) in [7, 11) is 0. The molecule has 268 valence electrons. The molecule has 0 spiro atoms. The molecule has 5 atom stereocenters. The van der Waals surface area contributed by atoms with Crippen molar-refractivity contribution >= 4 is 17.9 Å². The number of hydrogen-bond acceptors (Lipinski definition) is 8. The molecule has 0 aromatic heterocycles. The highest BCUT2D eigenvalue weighted by molar-refractivity contribution is 7.99. The molecule has 0 bridgehead atoms. The van der Waals surface area contributed by atoms with Gasteiger partial charge in [0, 0.05) is 5.92 Å². The number of carbonyl (C=O) groups excluding carboxylic acids is 1. The van der Waals surface area contributed by atoms with Gasteiger partial charge >= 0.3 is 6.16 Å². The van der Waals surface area contributed by atoms with Crippen LogP contribution >= 0.6 is 11.8 Å². The van der Waals surface area contributed by atoms with Crippen molar-refractivity contribution < 1.29 is 33.2 Å². The van der Waals surface area contributed by atoms with Crippen molar-refractivity contribution in [2.75, 3.05) is 19.0 Å². The third kappa shape index (κ3) is 8.77. The van der Waals surface area contributed by atoms with Gasteiger partial charge in [-0.15, -0.1) is 11.8 Å². The maximum Gasteiger partial charge on any atom is 0.508 e. The first-order chi connectivity index (χ1) is 25.7. The van der Waals surface area contributed by atoms with Crippen LogP contribution in [0.1, 0.15) is 40.7 Å². The van der Waals surface area contributed by atoms with Gasteiger partial charge in [-0.2, -0.15) is 0 Å². The van der Waals surface area contributed by atoms with Crippen LogP contribution in [0.2, 0.25) is 0 Å². The third-order valence-corrected chi connectivity index (χ3v) is 10.5. The lowest BCUT2D eigenvalue weighted by Gasteiger charge is -2.45. The molecule has 0 saturated carbocycles. The van der Waals surface area contributed by atoms with Gasteiger partial charge in [0.25, 0.3) is 0 Å². The predicted octanol–water partition coefficient (Wildman–Crippen LogP) is 9.19. The Balaban J connectivity index is 1.14. The van der Waals surface area contributed by atoms with Crippen molar-refractivity contribution in [3.8, 4) is 11.1 Å². The highest BCUT2D eigenvalue weighted by atomic mass is 32.2. The fraction of sp³-hybridized carbons (Fsp3) is 0.295. The van der Waals surface area contributed by atoms with Gasteiger partial charge in [0.1, 0.15) is 30.4 Å². The molecule has 0 amide bonds. The highest BCUT2D eigenvalue weighted by Crippen LogP contribution is 2.44. The summed E-state index contributed by atoms with van der Waals surface area (Å²) in [5.41, 5.74) is 7.21. The van der Waals surface area contributed by atoms with Gasteiger partial charge in [-0.3, -0.25) is 0 Å². The number of carbonyl (C=O) groups is 1. The molecule has 52 heavy (non-hydrogen) atoms. The molecule has 2 aliphatic rings. The molecular weight excluding hydrogens is 673 g/mol. The molecule has 1 fully saturated rings. The SMILES string of the molecule is CCS[C@@H]1O[C@H](COCc2ccccc2)[C@H](OC(=O)OCC2c3ccccc3-c3ccccc32)[C@H](OCc2ccccc2)[C@H]1OCc1ccccc1. The molecule has 5 aromatic carbocycles. The Morgan fingerprint density at radius 1 is 0.596 bits per heavy atom. The first-order valence-electron chi connectivity index (χ1n) is 17.9. The van der Waals surface area contributed by atoms with E-state index in [0.29, 0.717) is 19.8 Å². The Kier molecular flexibility index (Phi) is 12.3. The second-order valence-corrected chi connectivity index (χ2v) is 14.3. The van der Waals surface area contributed by atoms with E-state index >= 15 is 0 Å². The number of fused-ring (bicyclic) bond motifs is 3. The van der Waals surface area contributed by atoms with Crippen molar-refractivity contribution in [3.63, 3.8) is 0 Å². The lowest BCUT2D eigenvalue weighted by Crippen LogP contribution is -2.61. The molecule has 8 heteroatoms. The van der Waals surface area contributed by atoms with Crippen LogP contribution in [0.25, 0.3) is 11.1 Å². The maximum absolute atomic E-state index is 13.8. The quantitative estimate of drug-likeness (QED) is 0.0994. The first-order valence-corrected chi connectivity index (χ1v) is 18.9. The molecule has 1 heterocycles. The third-order valence-electron chi connectivity index (χ3n) is 9.45. The molecular formula is C44H44O7S.